The molecule has 7 rings (SSSR count). The summed E-state index contributed by atoms with van der Waals surface area (Å²) in [6.07, 6.45) is -0.641. The second-order valence-electron chi connectivity index (χ2n) is 10.6. The third-order valence-corrected chi connectivity index (χ3v) is 7.86. The number of ether oxygens (including phenoxy) is 3. The fraction of sp³-hybridized carbons (Fsp3) is 0.182. The van der Waals surface area contributed by atoms with Crippen molar-refractivity contribution in [2.75, 3.05) is 6.61 Å². The number of hydrogen-bond acceptors (Lipinski definition) is 6. The molecule has 3 heterocycles. The van der Waals surface area contributed by atoms with Crippen molar-refractivity contribution in [1.82, 2.24) is 9.55 Å². The lowest BCUT2D eigenvalue weighted by Gasteiger charge is -2.27. The van der Waals surface area contributed by atoms with Gasteiger partial charge in [0.2, 0.25) is 0 Å². The van der Waals surface area contributed by atoms with E-state index in [1.807, 2.05) is 6.07 Å². The van der Waals surface area contributed by atoms with Crippen LogP contribution in [0.5, 0.6) is 11.5 Å². The number of halogens is 3. The number of carboxylic acid groups (broad SMARTS) is 1. The number of fused-ring (bicyclic) bond motifs is 2. The molecule has 2 atom stereocenters. The number of carbonyl (C=O) groups is 1. The van der Waals surface area contributed by atoms with Gasteiger partial charge >= 0.3 is 5.97 Å². The van der Waals surface area contributed by atoms with E-state index in [1.54, 1.807) is 28.8 Å². The van der Waals surface area contributed by atoms with Crippen LogP contribution in [0.1, 0.15) is 45.6 Å². The Bertz CT molecular complexity index is 1990. The van der Waals surface area contributed by atoms with Gasteiger partial charge in [0.25, 0.3) is 6.29 Å². The number of imidazole rings is 1. The van der Waals surface area contributed by atoms with Gasteiger partial charge < -0.3 is 23.9 Å². The van der Waals surface area contributed by atoms with Crippen LogP contribution in [0.4, 0.5) is 13.2 Å². The lowest BCUT2D eigenvalue weighted by Crippen LogP contribution is -2.31. The van der Waals surface area contributed by atoms with E-state index in [0.717, 1.165) is 12.5 Å². The van der Waals surface area contributed by atoms with Gasteiger partial charge in [-0.1, -0.05) is 12.1 Å². The first-order valence-corrected chi connectivity index (χ1v) is 13.8. The Morgan fingerprint density at radius 3 is 2.50 bits per heavy atom. The first-order chi connectivity index (χ1) is 21.3. The van der Waals surface area contributed by atoms with Gasteiger partial charge in [-0.05, 0) is 66.6 Å². The zero-order valence-electron chi connectivity index (χ0n) is 22.9. The van der Waals surface area contributed by atoms with Gasteiger partial charge in [-0.3, -0.25) is 0 Å². The highest BCUT2D eigenvalue weighted by atomic mass is 19.1. The minimum atomic E-state index is -1.15. The summed E-state index contributed by atoms with van der Waals surface area (Å²) in [6, 6.07) is 17.5. The van der Waals surface area contributed by atoms with E-state index in [1.165, 1.54) is 36.4 Å². The number of carboxylic acids is 1. The van der Waals surface area contributed by atoms with E-state index in [-0.39, 0.29) is 51.8 Å². The molecule has 8 nitrogen and oxygen atoms in total. The summed E-state index contributed by atoms with van der Waals surface area (Å²) in [5.41, 5.74) is 1.67. The molecule has 2 aliphatic rings. The fourth-order valence-corrected chi connectivity index (χ4v) is 5.48. The molecule has 1 aromatic heterocycles. The average molecular weight is 598 g/mol. The Kier molecular flexibility index (Phi) is 6.71. The molecule has 44 heavy (non-hydrogen) atoms. The van der Waals surface area contributed by atoms with Crippen LogP contribution in [-0.4, -0.2) is 33.3 Å². The highest BCUT2D eigenvalue weighted by molar-refractivity contribution is 5.92. The van der Waals surface area contributed by atoms with E-state index in [0.29, 0.717) is 35.6 Å². The molecule has 0 spiro atoms. The summed E-state index contributed by atoms with van der Waals surface area (Å²) in [7, 11) is 0. The van der Waals surface area contributed by atoms with Gasteiger partial charge in [0.1, 0.15) is 23.3 Å². The largest absolute Gasteiger partial charge is 0.478 e. The lowest BCUT2D eigenvalue weighted by molar-refractivity contribution is -0.0589. The van der Waals surface area contributed by atoms with Crippen LogP contribution in [0, 0.1) is 28.8 Å². The number of nitrogens with zero attached hydrogens (tertiary/aromatic N) is 3. The zero-order valence-corrected chi connectivity index (χ0v) is 22.9. The maximum Gasteiger partial charge on any atom is 0.335 e. The number of aromatic carboxylic acids is 1. The Hall–Kier alpha value is -5.34. The monoisotopic (exact) mass is 597 g/mol. The van der Waals surface area contributed by atoms with Crippen LogP contribution in [0.15, 0.2) is 66.7 Å². The van der Waals surface area contributed by atoms with E-state index >= 15 is 8.78 Å². The molecular formula is C33H22F3N3O5. The maximum absolute atomic E-state index is 15.7. The normalized spacial score (nSPS) is 17.0. The third-order valence-electron chi connectivity index (χ3n) is 7.86. The first-order valence-electron chi connectivity index (χ1n) is 13.8. The number of nitriles is 1. The molecule has 11 heteroatoms. The van der Waals surface area contributed by atoms with E-state index < -0.39 is 29.7 Å². The second kappa shape index (κ2) is 10.7. The summed E-state index contributed by atoms with van der Waals surface area (Å²) in [6.45, 7) is 0.976. The summed E-state index contributed by atoms with van der Waals surface area (Å²) in [5.74, 6) is -2.55. The van der Waals surface area contributed by atoms with Crippen LogP contribution in [0.25, 0.3) is 22.2 Å². The number of para-hydroxylation sites is 1. The molecule has 220 valence electrons. The number of aromatic nitrogens is 2. The summed E-state index contributed by atoms with van der Waals surface area (Å²) in [4.78, 5) is 16.2. The molecule has 5 aromatic rings. The molecule has 1 fully saturated rings. The molecule has 0 aliphatic carbocycles. The minimum absolute atomic E-state index is 0.0736. The molecule has 0 radical (unpaired) electrons. The number of benzene rings is 4. The van der Waals surface area contributed by atoms with Crippen molar-refractivity contribution < 1.29 is 37.3 Å². The predicted molar refractivity (Wildman–Crippen MR) is 151 cm³/mol. The SMILES string of the molecule is N#Cc1ccc([C@@H]2Oc3cccc(-c4cc(F)c(Cc5nc6ccc(C(=O)O)cc6n5C[C@@H]5CCO5)c(F)c4)c3O2)c(F)c1. The predicted octanol–water partition coefficient (Wildman–Crippen LogP) is 6.54. The second-order valence-corrected chi connectivity index (χ2v) is 10.6. The highest BCUT2D eigenvalue weighted by Gasteiger charge is 2.31. The topological polar surface area (TPSA) is 107 Å². The molecule has 0 unspecified atom stereocenters. The number of rotatable bonds is 7. The molecule has 0 bridgehead atoms. The maximum atomic E-state index is 15.7. The zero-order chi connectivity index (χ0) is 30.5. The molecule has 2 aliphatic heterocycles. The van der Waals surface area contributed by atoms with Gasteiger partial charge in [-0.15, -0.1) is 0 Å². The summed E-state index contributed by atoms with van der Waals surface area (Å²) in [5, 5.41) is 18.5. The highest BCUT2D eigenvalue weighted by Crippen LogP contribution is 2.47. The molecule has 1 N–H and O–H groups in total. The third kappa shape index (κ3) is 4.79. The van der Waals surface area contributed by atoms with Crippen molar-refractivity contribution in [3.8, 4) is 28.7 Å². The van der Waals surface area contributed by atoms with Gasteiger partial charge in [-0.2, -0.15) is 5.26 Å². The van der Waals surface area contributed by atoms with E-state index in [2.05, 4.69) is 4.98 Å². The van der Waals surface area contributed by atoms with Crippen molar-refractivity contribution in [3.63, 3.8) is 0 Å². The van der Waals surface area contributed by atoms with Gasteiger partial charge in [0.15, 0.2) is 11.5 Å². The van der Waals surface area contributed by atoms with Crippen molar-refractivity contribution in [2.45, 2.75) is 31.8 Å². The lowest BCUT2D eigenvalue weighted by atomic mass is 10.00. The van der Waals surface area contributed by atoms with Crippen LogP contribution in [0.3, 0.4) is 0 Å². The Morgan fingerprint density at radius 1 is 1.02 bits per heavy atom. The van der Waals surface area contributed by atoms with E-state index in [9.17, 15) is 14.3 Å². The van der Waals surface area contributed by atoms with Crippen LogP contribution >= 0.6 is 0 Å². The van der Waals surface area contributed by atoms with Crippen LogP contribution in [-0.2, 0) is 17.7 Å². The van der Waals surface area contributed by atoms with Crippen molar-refractivity contribution in [2.24, 2.45) is 0 Å². The van der Waals surface area contributed by atoms with Crippen molar-refractivity contribution >= 4 is 17.0 Å². The van der Waals surface area contributed by atoms with Crippen LogP contribution in [0.2, 0.25) is 0 Å². The quantitative estimate of drug-likeness (QED) is 0.227. The molecule has 0 amide bonds. The average Bonchev–Trinajstić information content (AvgIpc) is 3.57. The van der Waals surface area contributed by atoms with Gasteiger partial charge in [0, 0.05) is 24.2 Å². The Balaban J connectivity index is 1.21. The van der Waals surface area contributed by atoms with Crippen molar-refractivity contribution in [3.05, 3.63) is 112 Å². The Morgan fingerprint density at radius 2 is 1.82 bits per heavy atom. The Labute approximate surface area is 248 Å². The molecule has 1 saturated heterocycles. The van der Waals surface area contributed by atoms with Gasteiger partial charge in [-0.25, -0.2) is 22.9 Å². The smallest absolute Gasteiger partial charge is 0.335 e. The standard InChI is InChI=1S/C33H22F3N3O5/c34-24-10-17(15-37)4-6-22(24)33-43-29-3-1-2-21(31(29)44-33)19-11-25(35)23(26(36)12-19)14-30-38-27-7-5-18(32(40)41)13-28(27)39(30)16-20-8-9-42-20/h1-7,10-13,20,33H,8-9,14,16H2,(H,40,41)/t20-,33+/m0/s1. The van der Waals surface area contributed by atoms with Crippen LogP contribution < -0.4 is 9.47 Å². The molecule has 4 aromatic carbocycles. The summed E-state index contributed by atoms with van der Waals surface area (Å²) < 4.78 is 65.0. The van der Waals surface area contributed by atoms with E-state index in [4.69, 9.17) is 19.5 Å². The van der Waals surface area contributed by atoms with Gasteiger partial charge in [0.05, 0.1) is 46.4 Å². The molecular weight excluding hydrogens is 575 g/mol. The summed E-state index contributed by atoms with van der Waals surface area (Å²) >= 11 is 0. The fourth-order valence-electron chi connectivity index (χ4n) is 5.48. The van der Waals surface area contributed by atoms with Crippen molar-refractivity contribution in [1.29, 1.82) is 5.26 Å². The minimum Gasteiger partial charge on any atom is -0.478 e. The number of hydrogen-bond donors (Lipinski definition) is 1. The first kappa shape index (κ1) is 27.5. The molecule has 0 saturated carbocycles.